The molecule has 0 aliphatic heterocycles. The Morgan fingerprint density at radius 3 is 2.77 bits per heavy atom. The smallest absolute Gasteiger partial charge is 0.387 e. The van der Waals surface area contributed by atoms with E-state index in [2.05, 4.69) is 31.4 Å². The van der Waals surface area contributed by atoms with Gasteiger partial charge in [-0.25, -0.2) is 4.98 Å². The van der Waals surface area contributed by atoms with Gasteiger partial charge in [-0.3, -0.25) is 4.99 Å². The molecular weight excluding hydrogens is 410 g/mol. The number of guanidine groups is 1. The number of rotatable bonds is 9. The van der Waals surface area contributed by atoms with E-state index in [0.717, 1.165) is 23.4 Å². The lowest BCUT2D eigenvalue weighted by atomic mass is 10.2. The Morgan fingerprint density at radius 2 is 2.03 bits per heavy atom. The first-order valence-corrected chi connectivity index (χ1v) is 10.3. The van der Waals surface area contributed by atoms with E-state index in [1.165, 1.54) is 17.9 Å². The highest BCUT2D eigenvalue weighted by Gasteiger charge is 2.11. The maximum absolute atomic E-state index is 12.6. The highest BCUT2D eigenvalue weighted by atomic mass is 32.1. The number of hydrogen-bond acceptors (Lipinski definition) is 5. The Kier molecular flexibility index (Phi) is 7.78. The quantitative estimate of drug-likeness (QED) is 0.300. The van der Waals surface area contributed by atoms with Crippen LogP contribution in [0.4, 0.5) is 8.78 Å². The van der Waals surface area contributed by atoms with Gasteiger partial charge in [0.25, 0.3) is 0 Å². The fourth-order valence-corrected chi connectivity index (χ4v) is 3.91. The van der Waals surface area contributed by atoms with Gasteiger partial charge in [-0.1, -0.05) is 12.1 Å². The van der Waals surface area contributed by atoms with Crippen molar-refractivity contribution in [2.24, 2.45) is 4.99 Å². The molecule has 6 nitrogen and oxygen atoms in total. The van der Waals surface area contributed by atoms with Gasteiger partial charge in [0.2, 0.25) is 0 Å². The van der Waals surface area contributed by atoms with Crippen LogP contribution in [0.3, 0.4) is 0 Å². The van der Waals surface area contributed by atoms with Crippen molar-refractivity contribution in [3.8, 4) is 11.5 Å². The zero-order chi connectivity index (χ0) is 21.3. The Balaban J connectivity index is 1.49. The second-order valence-corrected chi connectivity index (χ2v) is 7.50. The number of hydrogen-bond donors (Lipinski definition) is 2. The number of thiazole rings is 1. The van der Waals surface area contributed by atoms with Crippen molar-refractivity contribution >= 4 is 27.5 Å². The van der Waals surface area contributed by atoms with Gasteiger partial charge in [-0.15, -0.1) is 11.3 Å². The summed E-state index contributed by atoms with van der Waals surface area (Å²) in [6.07, 6.45) is 1.75. The van der Waals surface area contributed by atoms with Crippen molar-refractivity contribution in [3.05, 3.63) is 53.0 Å². The monoisotopic (exact) mass is 434 g/mol. The summed E-state index contributed by atoms with van der Waals surface area (Å²) < 4.78 is 36.2. The third-order valence-corrected chi connectivity index (χ3v) is 5.45. The van der Waals surface area contributed by atoms with Crippen LogP contribution >= 0.6 is 11.3 Å². The summed E-state index contributed by atoms with van der Waals surface area (Å²) in [5, 5.41) is 7.45. The summed E-state index contributed by atoms with van der Waals surface area (Å²) in [4.78, 5) is 8.81. The summed E-state index contributed by atoms with van der Waals surface area (Å²) in [6, 6.07) is 12.8. The topological polar surface area (TPSA) is 67.8 Å². The number of fused-ring (bicyclic) bond motifs is 1. The Labute approximate surface area is 178 Å². The number of methoxy groups -OCH3 is 1. The van der Waals surface area contributed by atoms with Gasteiger partial charge >= 0.3 is 6.61 Å². The molecule has 0 unspecified atom stereocenters. The molecule has 1 heterocycles. The van der Waals surface area contributed by atoms with Gasteiger partial charge in [0, 0.05) is 32.1 Å². The molecule has 0 amide bonds. The van der Waals surface area contributed by atoms with Gasteiger partial charge < -0.3 is 20.1 Å². The standard InChI is InChI=1S/C21H24F2N4O2S/c1-24-21(25-11-5-8-19-27-16-6-3-4-7-18(16)30-19)26-13-14-12-15(28-2)9-10-17(14)29-20(22)23/h3-4,6-7,9-10,12,20H,5,8,11,13H2,1-2H3,(H2,24,25,26). The van der Waals surface area contributed by atoms with E-state index in [4.69, 9.17) is 4.74 Å². The van der Waals surface area contributed by atoms with Gasteiger partial charge in [-0.05, 0) is 36.8 Å². The third kappa shape index (κ3) is 6.03. The number of aliphatic imine (C=N–C) groups is 1. The maximum Gasteiger partial charge on any atom is 0.387 e. The first-order valence-electron chi connectivity index (χ1n) is 9.49. The van der Waals surface area contributed by atoms with Crippen LogP contribution in [0.15, 0.2) is 47.5 Å². The van der Waals surface area contributed by atoms with E-state index in [9.17, 15) is 8.78 Å². The number of ether oxygens (including phenoxy) is 2. The van der Waals surface area contributed by atoms with E-state index in [0.29, 0.717) is 23.8 Å². The molecule has 2 aromatic carbocycles. The molecule has 3 rings (SSSR count). The largest absolute Gasteiger partial charge is 0.497 e. The SMILES string of the molecule is CN=C(NCCCc1nc2ccccc2s1)NCc1cc(OC)ccc1OC(F)F. The Bertz CT molecular complexity index is 961. The third-order valence-electron chi connectivity index (χ3n) is 4.35. The van der Waals surface area contributed by atoms with E-state index in [1.807, 2.05) is 18.2 Å². The molecule has 1 aromatic heterocycles. The molecule has 3 aromatic rings. The average Bonchev–Trinajstić information content (AvgIpc) is 3.16. The van der Waals surface area contributed by atoms with Crippen molar-refractivity contribution in [1.29, 1.82) is 0 Å². The van der Waals surface area contributed by atoms with Gasteiger partial charge in [0.1, 0.15) is 11.5 Å². The summed E-state index contributed by atoms with van der Waals surface area (Å²) in [5.74, 6) is 1.24. The van der Waals surface area contributed by atoms with E-state index in [1.54, 1.807) is 30.5 Å². The normalized spacial score (nSPS) is 11.7. The first kappa shape index (κ1) is 21.8. The number of benzene rings is 2. The molecule has 2 N–H and O–H groups in total. The van der Waals surface area contributed by atoms with Crippen LogP contribution < -0.4 is 20.1 Å². The lowest BCUT2D eigenvalue weighted by Crippen LogP contribution is -2.37. The number of aryl methyl sites for hydroxylation is 1. The number of nitrogens with zero attached hydrogens (tertiary/aromatic N) is 2. The molecule has 0 bridgehead atoms. The van der Waals surface area contributed by atoms with Gasteiger partial charge in [0.05, 0.1) is 22.3 Å². The van der Waals surface area contributed by atoms with Crippen molar-refractivity contribution in [1.82, 2.24) is 15.6 Å². The Morgan fingerprint density at radius 1 is 1.20 bits per heavy atom. The summed E-state index contributed by atoms with van der Waals surface area (Å²) in [5.41, 5.74) is 1.58. The number of nitrogens with one attached hydrogen (secondary N) is 2. The molecule has 0 spiro atoms. The van der Waals surface area contributed by atoms with E-state index >= 15 is 0 Å². The molecular formula is C21H24F2N4O2S. The van der Waals surface area contributed by atoms with E-state index in [-0.39, 0.29) is 12.3 Å². The van der Waals surface area contributed by atoms with Crippen molar-refractivity contribution in [2.45, 2.75) is 26.0 Å². The fourth-order valence-electron chi connectivity index (χ4n) is 2.90. The van der Waals surface area contributed by atoms with Crippen LogP contribution in [0, 0.1) is 0 Å². The molecule has 0 saturated carbocycles. The molecule has 160 valence electrons. The summed E-state index contributed by atoms with van der Waals surface area (Å²) in [6.45, 7) is -1.93. The summed E-state index contributed by atoms with van der Waals surface area (Å²) in [7, 11) is 3.18. The minimum atomic E-state index is -2.89. The fraction of sp³-hybridized carbons (Fsp3) is 0.333. The van der Waals surface area contributed by atoms with Gasteiger partial charge in [0.15, 0.2) is 5.96 Å². The highest BCUT2D eigenvalue weighted by molar-refractivity contribution is 7.18. The minimum absolute atomic E-state index is 0.101. The van der Waals surface area contributed by atoms with Crippen LogP contribution in [0.2, 0.25) is 0 Å². The first-order chi connectivity index (χ1) is 14.6. The van der Waals surface area contributed by atoms with Crippen LogP contribution in [-0.4, -0.2) is 38.3 Å². The number of aromatic nitrogens is 1. The molecule has 9 heteroatoms. The molecule has 30 heavy (non-hydrogen) atoms. The van der Waals surface area contributed by atoms with Crippen LogP contribution in [0.1, 0.15) is 17.0 Å². The van der Waals surface area contributed by atoms with Gasteiger partial charge in [-0.2, -0.15) is 8.78 Å². The second-order valence-electron chi connectivity index (χ2n) is 6.38. The van der Waals surface area contributed by atoms with Crippen molar-refractivity contribution in [2.75, 3.05) is 20.7 Å². The molecule has 0 radical (unpaired) electrons. The van der Waals surface area contributed by atoms with Crippen molar-refractivity contribution in [3.63, 3.8) is 0 Å². The zero-order valence-corrected chi connectivity index (χ0v) is 17.6. The highest BCUT2D eigenvalue weighted by Crippen LogP contribution is 2.25. The second kappa shape index (κ2) is 10.7. The predicted molar refractivity (Wildman–Crippen MR) is 116 cm³/mol. The predicted octanol–water partition coefficient (Wildman–Crippen LogP) is 4.20. The zero-order valence-electron chi connectivity index (χ0n) is 16.8. The molecule has 0 saturated heterocycles. The average molecular weight is 435 g/mol. The Hall–Kier alpha value is -2.94. The maximum atomic E-state index is 12.6. The summed E-state index contributed by atoms with van der Waals surface area (Å²) >= 11 is 1.71. The molecule has 0 atom stereocenters. The molecule has 0 aliphatic rings. The lowest BCUT2D eigenvalue weighted by Gasteiger charge is -2.15. The number of para-hydroxylation sites is 1. The molecule has 0 aliphatic carbocycles. The van der Waals surface area contributed by atoms with Crippen LogP contribution in [0.25, 0.3) is 10.2 Å². The van der Waals surface area contributed by atoms with Crippen LogP contribution in [0.5, 0.6) is 11.5 Å². The molecule has 0 fully saturated rings. The van der Waals surface area contributed by atoms with Crippen molar-refractivity contribution < 1.29 is 18.3 Å². The number of halogens is 2. The minimum Gasteiger partial charge on any atom is -0.497 e. The van der Waals surface area contributed by atoms with E-state index < -0.39 is 6.61 Å². The lowest BCUT2D eigenvalue weighted by molar-refractivity contribution is -0.0504. The number of alkyl halides is 2. The van der Waals surface area contributed by atoms with Crippen LogP contribution in [-0.2, 0) is 13.0 Å².